The molecule has 0 aromatic rings. The van der Waals surface area contributed by atoms with Crippen molar-refractivity contribution in [3.8, 4) is 0 Å². The van der Waals surface area contributed by atoms with Crippen molar-refractivity contribution in [2.24, 2.45) is 0 Å². The fourth-order valence-electron chi connectivity index (χ4n) is 1.80. The van der Waals surface area contributed by atoms with E-state index in [-0.39, 0.29) is 0 Å². The summed E-state index contributed by atoms with van der Waals surface area (Å²) in [6.45, 7) is 2.66. The van der Waals surface area contributed by atoms with Gasteiger partial charge in [0.25, 0.3) is 0 Å². The van der Waals surface area contributed by atoms with Crippen molar-refractivity contribution < 1.29 is 17.3 Å². The van der Waals surface area contributed by atoms with Gasteiger partial charge in [0.2, 0.25) is 0 Å². The topological polar surface area (TPSA) is 75.6 Å². The van der Waals surface area contributed by atoms with E-state index in [1.807, 2.05) is 0 Å². The predicted molar refractivity (Wildman–Crippen MR) is 72.5 cm³/mol. The monoisotopic (exact) mass is 281 g/mol. The maximum Gasteiger partial charge on any atom is 0.413 e. The number of rotatable bonds is 13. The van der Waals surface area contributed by atoms with Gasteiger partial charge in [0, 0.05) is 6.54 Å². The molecule has 2 N–H and O–H groups in total. The molecular formula is C12H27NO4S. The molecule has 0 bridgehead atoms. The summed E-state index contributed by atoms with van der Waals surface area (Å²) in [6, 6.07) is 0. The lowest BCUT2D eigenvalue weighted by Crippen LogP contribution is -2.20. The molecule has 0 aliphatic rings. The first-order valence-electron chi connectivity index (χ1n) is 6.95. The summed E-state index contributed by atoms with van der Waals surface area (Å²) in [5.41, 5.74) is 2.21. The number of hydrogen-bond donors (Lipinski definition) is 2. The van der Waals surface area contributed by atoms with E-state index in [9.17, 15) is 8.42 Å². The van der Waals surface area contributed by atoms with Gasteiger partial charge >= 0.3 is 10.4 Å². The third-order valence-electron chi connectivity index (χ3n) is 2.80. The number of unbranched alkanes of at least 4 members (excludes halogenated alkanes) is 9. The molecule has 18 heavy (non-hydrogen) atoms. The van der Waals surface area contributed by atoms with E-state index < -0.39 is 10.4 Å². The van der Waals surface area contributed by atoms with Crippen molar-refractivity contribution in [3.63, 3.8) is 0 Å². The molecule has 0 atom stereocenters. The third-order valence-corrected chi connectivity index (χ3v) is 3.13. The largest absolute Gasteiger partial charge is 0.413 e. The quantitative estimate of drug-likeness (QED) is 0.308. The summed E-state index contributed by atoms with van der Waals surface area (Å²) in [6.07, 6.45) is 12.3. The van der Waals surface area contributed by atoms with Crippen LogP contribution in [-0.2, 0) is 14.7 Å². The summed E-state index contributed by atoms with van der Waals surface area (Å²) in [5.74, 6) is 0. The van der Waals surface area contributed by atoms with Gasteiger partial charge < -0.3 is 0 Å². The summed E-state index contributed by atoms with van der Waals surface area (Å²) in [7, 11) is -4.35. The molecule has 0 spiro atoms. The molecule has 0 rings (SSSR count). The highest BCUT2D eigenvalue weighted by Gasteiger charge is 2.02. The first-order chi connectivity index (χ1) is 8.56. The Hall–Kier alpha value is -0.170. The Morgan fingerprint density at radius 3 is 1.78 bits per heavy atom. The number of hydroxylamine groups is 1. The molecule has 6 heteroatoms. The normalized spacial score (nSPS) is 11.9. The van der Waals surface area contributed by atoms with Crippen molar-refractivity contribution in [3.05, 3.63) is 0 Å². The van der Waals surface area contributed by atoms with Crippen LogP contribution in [0.5, 0.6) is 0 Å². The smallest absolute Gasteiger partial charge is 0.262 e. The number of hydrogen-bond acceptors (Lipinski definition) is 4. The van der Waals surface area contributed by atoms with E-state index in [2.05, 4.69) is 16.7 Å². The Morgan fingerprint density at radius 2 is 1.33 bits per heavy atom. The van der Waals surface area contributed by atoms with E-state index in [4.69, 9.17) is 4.55 Å². The molecule has 0 saturated heterocycles. The molecule has 0 unspecified atom stereocenters. The zero-order valence-electron chi connectivity index (χ0n) is 11.4. The van der Waals surface area contributed by atoms with Gasteiger partial charge in [0.05, 0.1) is 0 Å². The standard InChI is InChI=1S/C12H27NO4S/c1-2-3-4-5-6-7-8-9-10-11-12-13-17-18(14,15)16/h13H,2-12H2,1H3,(H,14,15,16). The molecule has 0 aliphatic carbocycles. The number of nitrogens with one attached hydrogen (secondary N) is 1. The van der Waals surface area contributed by atoms with Crippen LogP contribution in [0.4, 0.5) is 0 Å². The van der Waals surface area contributed by atoms with Crippen LogP contribution in [0, 0.1) is 0 Å². The van der Waals surface area contributed by atoms with Crippen molar-refractivity contribution in [1.82, 2.24) is 5.48 Å². The Kier molecular flexibility index (Phi) is 11.8. The molecule has 0 amide bonds. The van der Waals surface area contributed by atoms with Crippen LogP contribution in [0.15, 0.2) is 0 Å². The Morgan fingerprint density at radius 1 is 0.889 bits per heavy atom. The molecule has 5 nitrogen and oxygen atoms in total. The molecule has 0 fully saturated rings. The van der Waals surface area contributed by atoms with E-state index in [0.717, 1.165) is 12.8 Å². The molecule has 0 heterocycles. The molecule has 110 valence electrons. The van der Waals surface area contributed by atoms with Crippen molar-refractivity contribution in [2.75, 3.05) is 6.54 Å². The zero-order chi connectivity index (χ0) is 13.7. The van der Waals surface area contributed by atoms with Gasteiger partial charge in [-0.15, -0.1) is 0 Å². The van der Waals surface area contributed by atoms with Crippen molar-refractivity contribution >= 4 is 10.4 Å². The minimum atomic E-state index is -4.35. The van der Waals surface area contributed by atoms with E-state index in [1.54, 1.807) is 0 Å². The van der Waals surface area contributed by atoms with Crippen LogP contribution in [0.2, 0.25) is 0 Å². The van der Waals surface area contributed by atoms with Gasteiger partial charge in [0.15, 0.2) is 0 Å². The van der Waals surface area contributed by atoms with E-state index in [0.29, 0.717) is 6.54 Å². The van der Waals surface area contributed by atoms with Crippen LogP contribution in [0.3, 0.4) is 0 Å². The van der Waals surface area contributed by atoms with Crippen LogP contribution in [0.25, 0.3) is 0 Å². The lowest BCUT2D eigenvalue weighted by atomic mass is 10.1. The van der Waals surface area contributed by atoms with E-state index >= 15 is 0 Å². The summed E-state index contributed by atoms with van der Waals surface area (Å²) in [5, 5.41) is 0. The van der Waals surface area contributed by atoms with Crippen LogP contribution >= 0.6 is 0 Å². The van der Waals surface area contributed by atoms with Gasteiger partial charge in [-0.05, 0) is 6.42 Å². The fraction of sp³-hybridized carbons (Fsp3) is 1.00. The van der Waals surface area contributed by atoms with Crippen molar-refractivity contribution in [2.45, 2.75) is 71.1 Å². The average Bonchev–Trinajstić information content (AvgIpc) is 2.29. The first kappa shape index (κ1) is 17.8. The average molecular weight is 281 g/mol. The van der Waals surface area contributed by atoms with E-state index in [1.165, 1.54) is 51.4 Å². The molecule has 0 aromatic heterocycles. The Bertz CT molecular complexity index is 267. The lowest BCUT2D eigenvalue weighted by molar-refractivity contribution is 0.173. The lowest BCUT2D eigenvalue weighted by Gasteiger charge is -2.03. The third kappa shape index (κ3) is 15.8. The second kappa shape index (κ2) is 11.9. The maximum absolute atomic E-state index is 10.2. The highest BCUT2D eigenvalue weighted by atomic mass is 32.3. The van der Waals surface area contributed by atoms with Crippen LogP contribution < -0.4 is 5.48 Å². The minimum absolute atomic E-state index is 0.441. The molecule has 0 radical (unpaired) electrons. The van der Waals surface area contributed by atoms with Crippen molar-refractivity contribution in [1.29, 1.82) is 0 Å². The highest BCUT2D eigenvalue weighted by molar-refractivity contribution is 7.80. The maximum atomic E-state index is 10.2. The van der Waals surface area contributed by atoms with Gasteiger partial charge in [-0.1, -0.05) is 64.7 Å². The van der Waals surface area contributed by atoms with Gasteiger partial charge in [-0.3, -0.25) is 4.55 Å². The fourth-order valence-corrected chi connectivity index (χ4v) is 2.03. The summed E-state index contributed by atoms with van der Waals surface area (Å²) >= 11 is 0. The second-order valence-corrected chi connectivity index (χ2v) is 5.61. The predicted octanol–water partition coefficient (Wildman–Crippen LogP) is 3.23. The van der Waals surface area contributed by atoms with Crippen LogP contribution in [-0.4, -0.2) is 19.5 Å². The highest BCUT2D eigenvalue weighted by Crippen LogP contribution is 2.10. The SMILES string of the molecule is CCCCCCCCCCCCNOS(=O)(=O)O. The molecule has 0 saturated carbocycles. The van der Waals surface area contributed by atoms with Crippen LogP contribution in [0.1, 0.15) is 71.1 Å². The summed E-state index contributed by atoms with van der Waals surface area (Å²) < 4.78 is 32.6. The second-order valence-electron chi connectivity index (χ2n) is 4.59. The van der Waals surface area contributed by atoms with Gasteiger partial charge in [-0.2, -0.15) is 18.2 Å². The summed E-state index contributed by atoms with van der Waals surface area (Å²) in [4.78, 5) is 0. The van der Waals surface area contributed by atoms with Gasteiger partial charge in [-0.25, -0.2) is 0 Å². The molecule has 0 aliphatic heterocycles. The Labute approximate surface area is 111 Å². The molecule has 0 aromatic carbocycles. The minimum Gasteiger partial charge on any atom is -0.262 e. The molecular weight excluding hydrogens is 254 g/mol. The first-order valence-corrected chi connectivity index (χ1v) is 8.31. The van der Waals surface area contributed by atoms with Gasteiger partial charge in [0.1, 0.15) is 0 Å². The Balaban J connectivity index is 3.03. The zero-order valence-corrected chi connectivity index (χ0v) is 12.2.